The van der Waals surface area contributed by atoms with E-state index in [0.29, 0.717) is 34.9 Å². The van der Waals surface area contributed by atoms with Crippen molar-refractivity contribution in [2.75, 3.05) is 0 Å². The summed E-state index contributed by atoms with van der Waals surface area (Å²) >= 11 is 6.11. The molecule has 5 heteroatoms. The van der Waals surface area contributed by atoms with E-state index in [1.54, 1.807) is 45.3 Å². The van der Waals surface area contributed by atoms with Crippen LogP contribution in [0.2, 0.25) is 5.02 Å². The topological polar surface area (TPSA) is 38.0 Å². The lowest BCUT2D eigenvalue weighted by Crippen LogP contribution is -2.21. The fourth-order valence-electron chi connectivity index (χ4n) is 1.97. The highest BCUT2D eigenvalue weighted by atomic mass is 35.5. The van der Waals surface area contributed by atoms with Crippen molar-refractivity contribution in [2.45, 2.75) is 39.3 Å². The molecular weight excluding hydrogens is 279 g/mol. The summed E-state index contributed by atoms with van der Waals surface area (Å²) in [6.07, 6.45) is 3.92. The molecule has 0 atom stereocenters. The minimum Gasteiger partial charge on any atom is -0.390 e. The average Bonchev–Trinajstić information content (AvgIpc) is 2.79. The van der Waals surface area contributed by atoms with Gasteiger partial charge in [0, 0.05) is 18.9 Å². The van der Waals surface area contributed by atoms with Gasteiger partial charge in [0.2, 0.25) is 0 Å². The van der Waals surface area contributed by atoms with Crippen molar-refractivity contribution >= 4 is 11.6 Å². The third-order valence-electron chi connectivity index (χ3n) is 3.19. The molecule has 1 heterocycles. The number of nitrogens with zero attached hydrogens (tertiary/aromatic N) is 2. The van der Waals surface area contributed by atoms with E-state index in [2.05, 4.69) is 4.98 Å². The normalized spacial score (nSPS) is 11.9. The summed E-state index contributed by atoms with van der Waals surface area (Å²) < 4.78 is 16.1. The first-order chi connectivity index (χ1) is 9.29. The number of hydrogen-bond acceptors (Lipinski definition) is 2. The molecule has 0 bridgehead atoms. The van der Waals surface area contributed by atoms with Gasteiger partial charge in [-0.1, -0.05) is 17.7 Å². The minimum atomic E-state index is -0.781. The zero-order valence-electron chi connectivity index (χ0n) is 11.8. The molecule has 0 aliphatic heterocycles. The molecule has 0 radical (unpaired) electrons. The van der Waals surface area contributed by atoms with Crippen molar-refractivity contribution in [1.82, 2.24) is 9.55 Å². The van der Waals surface area contributed by atoms with E-state index in [0.717, 1.165) is 0 Å². The Balaban J connectivity index is 2.40. The molecular formula is C15H18ClFN2O. The lowest BCUT2D eigenvalue weighted by molar-refractivity contribution is 0.0663. The first-order valence-corrected chi connectivity index (χ1v) is 6.86. The third-order valence-corrected chi connectivity index (χ3v) is 3.50. The molecule has 3 nitrogen and oxygen atoms in total. The number of imidazole rings is 1. The van der Waals surface area contributed by atoms with Crippen molar-refractivity contribution < 1.29 is 9.50 Å². The van der Waals surface area contributed by atoms with Gasteiger partial charge in [0.15, 0.2) is 0 Å². The number of hydrogen-bond donors (Lipinski definition) is 1. The number of benzene rings is 1. The van der Waals surface area contributed by atoms with Crippen LogP contribution in [0, 0.1) is 12.7 Å². The first-order valence-electron chi connectivity index (χ1n) is 6.48. The number of aliphatic hydroxyl groups is 1. The monoisotopic (exact) mass is 296 g/mol. The number of aryl methyl sites for hydroxylation is 2. The smallest absolute Gasteiger partial charge is 0.144 e. The Hall–Kier alpha value is -1.39. The molecule has 1 N–H and O–H groups in total. The Bertz CT molecular complexity index is 617. The summed E-state index contributed by atoms with van der Waals surface area (Å²) in [7, 11) is 0. The SMILES string of the molecule is Cc1ccc(Cl)c(-c2nccn2CCC(C)(C)O)c1F. The summed E-state index contributed by atoms with van der Waals surface area (Å²) in [5.74, 6) is 0.133. The summed E-state index contributed by atoms with van der Waals surface area (Å²) in [6.45, 7) is 5.72. The van der Waals surface area contributed by atoms with E-state index >= 15 is 0 Å². The molecule has 0 saturated carbocycles. The molecule has 2 rings (SSSR count). The van der Waals surface area contributed by atoms with Crippen LogP contribution in [0.15, 0.2) is 24.5 Å². The average molecular weight is 297 g/mol. The Kier molecular flexibility index (Phi) is 4.16. The fourth-order valence-corrected chi connectivity index (χ4v) is 2.20. The van der Waals surface area contributed by atoms with Gasteiger partial charge in [0.25, 0.3) is 0 Å². The van der Waals surface area contributed by atoms with Crippen molar-refractivity contribution in [3.63, 3.8) is 0 Å². The molecule has 2 aromatic rings. The molecule has 108 valence electrons. The van der Waals surface area contributed by atoms with Gasteiger partial charge in [-0.25, -0.2) is 9.37 Å². The van der Waals surface area contributed by atoms with Crippen LogP contribution in [0.5, 0.6) is 0 Å². The third kappa shape index (κ3) is 3.19. The highest BCUT2D eigenvalue weighted by Crippen LogP contribution is 2.31. The highest BCUT2D eigenvalue weighted by Gasteiger charge is 2.18. The zero-order valence-corrected chi connectivity index (χ0v) is 12.6. The lowest BCUT2D eigenvalue weighted by Gasteiger charge is -2.18. The van der Waals surface area contributed by atoms with Crippen LogP contribution >= 0.6 is 11.6 Å². The van der Waals surface area contributed by atoms with Gasteiger partial charge in [-0.05, 0) is 38.8 Å². The van der Waals surface area contributed by atoms with Crippen molar-refractivity contribution in [3.05, 3.63) is 40.9 Å². The Morgan fingerprint density at radius 1 is 1.40 bits per heavy atom. The summed E-state index contributed by atoms with van der Waals surface area (Å²) in [5.41, 5.74) is 0.0603. The van der Waals surface area contributed by atoms with Gasteiger partial charge >= 0.3 is 0 Å². The van der Waals surface area contributed by atoms with Gasteiger partial charge in [-0.2, -0.15) is 0 Å². The second-order valence-corrected chi connectivity index (χ2v) is 5.97. The standard InChI is InChI=1S/C15H18ClFN2O/c1-10-4-5-11(16)12(13(10)17)14-18-7-9-19(14)8-6-15(2,3)20/h4-5,7,9,20H,6,8H2,1-3H3. The van der Waals surface area contributed by atoms with Crippen LogP contribution in [-0.2, 0) is 6.54 Å². The minimum absolute atomic E-state index is 0.312. The molecule has 0 unspecified atom stereocenters. The van der Waals surface area contributed by atoms with Crippen LogP contribution in [0.3, 0.4) is 0 Å². The summed E-state index contributed by atoms with van der Waals surface area (Å²) in [5, 5.41) is 10.1. The molecule has 0 amide bonds. The first kappa shape index (κ1) is 15.0. The number of aromatic nitrogens is 2. The molecule has 0 fully saturated rings. The molecule has 1 aromatic carbocycles. The maximum Gasteiger partial charge on any atom is 0.144 e. The predicted molar refractivity (Wildman–Crippen MR) is 78.3 cm³/mol. The predicted octanol–water partition coefficient (Wildman–Crippen LogP) is 3.81. The Morgan fingerprint density at radius 3 is 2.75 bits per heavy atom. The maximum absolute atomic E-state index is 14.3. The quantitative estimate of drug-likeness (QED) is 0.931. The maximum atomic E-state index is 14.3. The molecule has 0 saturated heterocycles. The van der Waals surface area contributed by atoms with Crippen LogP contribution in [0.1, 0.15) is 25.8 Å². The van der Waals surface area contributed by atoms with Crippen molar-refractivity contribution in [3.8, 4) is 11.4 Å². The van der Waals surface area contributed by atoms with Gasteiger partial charge in [-0.15, -0.1) is 0 Å². The fraction of sp³-hybridized carbons (Fsp3) is 0.400. The lowest BCUT2D eigenvalue weighted by atomic mass is 10.1. The molecule has 20 heavy (non-hydrogen) atoms. The van der Waals surface area contributed by atoms with Gasteiger partial charge < -0.3 is 9.67 Å². The Labute approximate surface area is 123 Å². The number of rotatable bonds is 4. The van der Waals surface area contributed by atoms with E-state index in [4.69, 9.17) is 11.6 Å². The largest absolute Gasteiger partial charge is 0.390 e. The summed E-state index contributed by atoms with van der Waals surface area (Å²) in [4.78, 5) is 4.21. The molecule has 0 aliphatic carbocycles. The van der Waals surface area contributed by atoms with E-state index in [1.807, 2.05) is 4.57 Å². The van der Waals surface area contributed by atoms with Crippen LogP contribution in [0.4, 0.5) is 4.39 Å². The van der Waals surface area contributed by atoms with Crippen molar-refractivity contribution in [2.24, 2.45) is 0 Å². The van der Waals surface area contributed by atoms with Crippen molar-refractivity contribution in [1.29, 1.82) is 0 Å². The highest BCUT2D eigenvalue weighted by molar-refractivity contribution is 6.33. The van der Waals surface area contributed by atoms with Gasteiger partial charge in [0.1, 0.15) is 11.6 Å². The molecule has 0 spiro atoms. The summed E-state index contributed by atoms with van der Waals surface area (Å²) in [6, 6.07) is 3.32. The molecule has 1 aromatic heterocycles. The van der Waals surface area contributed by atoms with E-state index in [1.165, 1.54) is 0 Å². The Morgan fingerprint density at radius 2 is 2.10 bits per heavy atom. The van der Waals surface area contributed by atoms with Gasteiger partial charge in [0.05, 0.1) is 16.2 Å². The second-order valence-electron chi connectivity index (χ2n) is 5.56. The second kappa shape index (κ2) is 5.54. The van der Waals surface area contributed by atoms with Crippen LogP contribution < -0.4 is 0 Å². The van der Waals surface area contributed by atoms with Crippen LogP contribution in [-0.4, -0.2) is 20.3 Å². The van der Waals surface area contributed by atoms with E-state index < -0.39 is 5.60 Å². The van der Waals surface area contributed by atoms with Crippen LogP contribution in [0.25, 0.3) is 11.4 Å². The van der Waals surface area contributed by atoms with E-state index in [9.17, 15) is 9.50 Å². The molecule has 0 aliphatic rings. The van der Waals surface area contributed by atoms with E-state index in [-0.39, 0.29) is 5.82 Å². The van der Waals surface area contributed by atoms with Gasteiger partial charge in [-0.3, -0.25) is 0 Å². The zero-order chi connectivity index (χ0) is 14.9. The number of halogens is 2.